The molecule has 3 amide bonds. The maximum absolute atomic E-state index is 12.7. The average molecular weight is 403 g/mol. The van der Waals surface area contributed by atoms with Gasteiger partial charge in [-0.05, 0) is 30.5 Å². The lowest BCUT2D eigenvalue weighted by atomic mass is 9.96. The molecule has 4 rings (SSSR count). The summed E-state index contributed by atoms with van der Waals surface area (Å²) in [4.78, 5) is 28.5. The Morgan fingerprint density at radius 1 is 1.14 bits per heavy atom. The summed E-state index contributed by atoms with van der Waals surface area (Å²) in [5, 5.41) is 3.15. The zero-order chi connectivity index (χ0) is 20.4. The molecule has 0 spiro atoms. The summed E-state index contributed by atoms with van der Waals surface area (Å²) in [5.41, 5.74) is 0.922. The average Bonchev–Trinajstić information content (AvgIpc) is 3.27. The first-order chi connectivity index (χ1) is 14.1. The molecule has 3 aliphatic rings. The number of benzene rings is 1. The van der Waals surface area contributed by atoms with E-state index in [1.807, 2.05) is 18.2 Å². The van der Waals surface area contributed by atoms with E-state index in [0.29, 0.717) is 31.1 Å². The van der Waals surface area contributed by atoms with E-state index in [0.717, 1.165) is 18.4 Å². The first-order valence-electron chi connectivity index (χ1n) is 10.3. The molecule has 2 saturated heterocycles. The molecule has 8 nitrogen and oxygen atoms in total. The number of rotatable bonds is 5. The number of amides is 3. The van der Waals surface area contributed by atoms with Crippen LogP contribution in [0.2, 0.25) is 0 Å². The van der Waals surface area contributed by atoms with Crippen molar-refractivity contribution in [2.45, 2.75) is 56.8 Å². The predicted octanol–water partition coefficient (Wildman–Crippen LogP) is 2.75. The maximum Gasteiger partial charge on any atom is 0.410 e. The normalized spacial score (nSPS) is 24.3. The molecular formula is C21H29N3O5. The van der Waals surface area contributed by atoms with Crippen molar-refractivity contribution in [1.82, 2.24) is 15.1 Å². The van der Waals surface area contributed by atoms with E-state index in [1.165, 1.54) is 19.3 Å². The van der Waals surface area contributed by atoms with Gasteiger partial charge in [-0.3, -0.25) is 4.90 Å². The third-order valence-electron chi connectivity index (χ3n) is 6.14. The highest BCUT2D eigenvalue weighted by Gasteiger charge is 2.49. The minimum Gasteiger partial charge on any atom is -0.493 e. The number of urea groups is 1. The van der Waals surface area contributed by atoms with Gasteiger partial charge in [0.2, 0.25) is 0 Å². The summed E-state index contributed by atoms with van der Waals surface area (Å²) in [5.74, 6) is 1.26. The summed E-state index contributed by atoms with van der Waals surface area (Å²) in [7, 11) is 3.17. The minimum absolute atomic E-state index is 0.0478. The lowest BCUT2D eigenvalue weighted by Gasteiger charge is -2.27. The number of ether oxygens (including phenoxy) is 3. The third kappa shape index (κ3) is 4.06. The molecule has 0 unspecified atom stereocenters. The maximum atomic E-state index is 12.7. The molecule has 1 N–H and O–H groups in total. The van der Waals surface area contributed by atoms with Gasteiger partial charge in [-0.15, -0.1) is 0 Å². The monoisotopic (exact) mass is 403 g/mol. The Bertz CT molecular complexity index is 765. The minimum atomic E-state index is -0.331. The fourth-order valence-corrected chi connectivity index (χ4v) is 4.54. The molecule has 2 aliphatic heterocycles. The molecule has 8 heteroatoms. The van der Waals surface area contributed by atoms with Crippen molar-refractivity contribution in [3.05, 3.63) is 23.8 Å². The fraction of sp³-hybridized carbons (Fsp3) is 0.619. The first kappa shape index (κ1) is 19.7. The van der Waals surface area contributed by atoms with Gasteiger partial charge in [-0.25, -0.2) is 9.59 Å². The largest absolute Gasteiger partial charge is 0.493 e. The van der Waals surface area contributed by atoms with E-state index in [1.54, 1.807) is 24.0 Å². The molecule has 3 fully saturated rings. The molecule has 0 radical (unpaired) electrons. The van der Waals surface area contributed by atoms with Crippen molar-refractivity contribution >= 4 is 12.1 Å². The van der Waals surface area contributed by atoms with E-state index < -0.39 is 0 Å². The van der Waals surface area contributed by atoms with Crippen molar-refractivity contribution in [3.63, 3.8) is 0 Å². The van der Waals surface area contributed by atoms with Crippen LogP contribution in [0, 0.1) is 0 Å². The molecule has 1 aromatic rings. The Labute approximate surface area is 171 Å². The summed E-state index contributed by atoms with van der Waals surface area (Å²) in [6, 6.07) is 5.68. The van der Waals surface area contributed by atoms with E-state index in [4.69, 9.17) is 14.2 Å². The van der Waals surface area contributed by atoms with Gasteiger partial charge in [0.25, 0.3) is 0 Å². The summed E-state index contributed by atoms with van der Waals surface area (Å²) >= 11 is 0. The summed E-state index contributed by atoms with van der Waals surface area (Å²) in [6.45, 7) is 1.33. The number of hydrogen-bond donors (Lipinski definition) is 1. The smallest absolute Gasteiger partial charge is 0.410 e. The molecule has 1 saturated carbocycles. The van der Waals surface area contributed by atoms with Gasteiger partial charge in [-0.1, -0.05) is 25.3 Å². The zero-order valence-corrected chi connectivity index (χ0v) is 17.1. The Kier molecular flexibility index (Phi) is 5.69. The van der Waals surface area contributed by atoms with Crippen LogP contribution >= 0.6 is 0 Å². The number of methoxy groups -OCH3 is 2. The molecule has 0 aromatic heterocycles. The van der Waals surface area contributed by atoms with Crippen LogP contribution in [0.25, 0.3) is 0 Å². The first-order valence-corrected chi connectivity index (χ1v) is 10.3. The second-order valence-electron chi connectivity index (χ2n) is 8.00. The Morgan fingerprint density at radius 3 is 2.62 bits per heavy atom. The summed E-state index contributed by atoms with van der Waals surface area (Å²) in [6.07, 6.45) is 5.09. The van der Waals surface area contributed by atoms with Crippen molar-refractivity contribution in [1.29, 1.82) is 0 Å². The van der Waals surface area contributed by atoms with Gasteiger partial charge in [0, 0.05) is 19.1 Å². The second kappa shape index (κ2) is 8.39. The lowest BCUT2D eigenvalue weighted by molar-refractivity contribution is 0.121. The second-order valence-corrected chi connectivity index (χ2v) is 8.00. The van der Waals surface area contributed by atoms with Crippen LogP contribution in [0.1, 0.15) is 37.7 Å². The Balaban J connectivity index is 1.39. The van der Waals surface area contributed by atoms with Crippen LogP contribution < -0.4 is 14.8 Å². The standard InChI is InChI=1S/C21H29N3O5/c1-27-17-9-8-14(10-18(17)28-2)11-24-16-12-23(13-19(16)29-21(24)26)20(25)22-15-6-4-3-5-7-15/h8-10,15-16,19H,3-7,11-13H2,1-2H3,(H,22,25)/t16-,19+/m1/s1. The topological polar surface area (TPSA) is 80.3 Å². The molecule has 1 aromatic carbocycles. The predicted molar refractivity (Wildman–Crippen MR) is 106 cm³/mol. The van der Waals surface area contributed by atoms with E-state index in [2.05, 4.69) is 5.32 Å². The quantitative estimate of drug-likeness (QED) is 0.818. The number of carbonyl (C=O) groups is 2. The van der Waals surface area contributed by atoms with Gasteiger partial charge in [0.1, 0.15) is 6.10 Å². The van der Waals surface area contributed by atoms with E-state index in [-0.39, 0.29) is 30.3 Å². The van der Waals surface area contributed by atoms with Crippen molar-refractivity contribution < 1.29 is 23.8 Å². The van der Waals surface area contributed by atoms with Crippen LogP contribution in [0.4, 0.5) is 9.59 Å². The molecule has 2 heterocycles. The van der Waals surface area contributed by atoms with Crippen molar-refractivity contribution in [3.8, 4) is 11.5 Å². The number of carbonyl (C=O) groups excluding carboxylic acids is 2. The number of likely N-dealkylation sites (tertiary alicyclic amines) is 1. The Morgan fingerprint density at radius 2 is 1.90 bits per heavy atom. The number of nitrogens with one attached hydrogen (secondary N) is 1. The molecule has 1 aliphatic carbocycles. The molecule has 29 heavy (non-hydrogen) atoms. The third-order valence-corrected chi connectivity index (χ3v) is 6.14. The van der Waals surface area contributed by atoms with Crippen LogP contribution in [0.5, 0.6) is 11.5 Å². The molecular weight excluding hydrogens is 374 g/mol. The SMILES string of the molecule is COc1ccc(CN2C(=O)O[C@H]3CN(C(=O)NC4CCCCC4)C[C@H]32)cc1OC. The molecule has 2 atom stereocenters. The van der Waals surface area contributed by atoms with E-state index in [9.17, 15) is 9.59 Å². The zero-order valence-electron chi connectivity index (χ0n) is 17.1. The van der Waals surface area contributed by atoms with Gasteiger partial charge in [0.05, 0.1) is 26.8 Å². The van der Waals surface area contributed by atoms with Crippen LogP contribution in [0.15, 0.2) is 18.2 Å². The van der Waals surface area contributed by atoms with Crippen molar-refractivity contribution in [2.75, 3.05) is 27.3 Å². The fourth-order valence-electron chi connectivity index (χ4n) is 4.54. The van der Waals surface area contributed by atoms with Gasteiger partial charge < -0.3 is 24.4 Å². The van der Waals surface area contributed by atoms with Crippen LogP contribution in [-0.2, 0) is 11.3 Å². The number of hydrogen-bond acceptors (Lipinski definition) is 5. The number of nitrogens with zero attached hydrogens (tertiary/aromatic N) is 2. The highest BCUT2D eigenvalue weighted by molar-refractivity contribution is 5.77. The Hall–Kier alpha value is -2.64. The molecule has 0 bridgehead atoms. The van der Waals surface area contributed by atoms with Crippen molar-refractivity contribution in [2.24, 2.45) is 0 Å². The van der Waals surface area contributed by atoms with Gasteiger partial charge >= 0.3 is 12.1 Å². The lowest BCUT2D eigenvalue weighted by Crippen LogP contribution is -2.46. The van der Waals surface area contributed by atoms with Crippen LogP contribution in [0.3, 0.4) is 0 Å². The van der Waals surface area contributed by atoms with Crippen LogP contribution in [-0.4, -0.2) is 67.4 Å². The summed E-state index contributed by atoms with van der Waals surface area (Å²) < 4.78 is 16.2. The highest BCUT2D eigenvalue weighted by Crippen LogP contribution is 2.32. The van der Waals surface area contributed by atoms with E-state index >= 15 is 0 Å². The van der Waals surface area contributed by atoms with Gasteiger partial charge in [-0.2, -0.15) is 0 Å². The number of fused-ring (bicyclic) bond motifs is 1. The molecule has 158 valence electrons. The highest BCUT2D eigenvalue weighted by atomic mass is 16.6. The van der Waals surface area contributed by atoms with Gasteiger partial charge in [0.15, 0.2) is 11.5 Å².